The number of para-hydroxylation sites is 6. The van der Waals surface area contributed by atoms with Crippen molar-refractivity contribution in [2.24, 2.45) is 47.9 Å². The summed E-state index contributed by atoms with van der Waals surface area (Å²) in [4.78, 5) is 112. The number of carbonyl (C=O) groups excluding carboxylic acids is 7. The van der Waals surface area contributed by atoms with Gasteiger partial charge in [0.15, 0.2) is 22.0 Å². The summed E-state index contributed by atoms with van der Waals surface area (Å²) in [5.74, 6) is 1.09. The number of benzene rings is 6. The Labute approximate surface area is 851 Å². The van der Waals surface area contributed by atoms with Gasteiger partial charge in [-0.15, -0.1) is 40.8 Å². The third kappa shape index (κ3) is 31.0. The van der Waals surface area contributed by atoms with Crippen LogP contribution in [-0.2, 0) is 35.8 Å². The number of amides is 6. The van der Waals surface area contributed by atoms with Crippen LogP contribution in [0.5, 0.6) is 0 Å². The number of nitrogens with one attached hydrogen (secondary N) is 5. The van der Waals surface area contributed by atoms with Crippen LogP contribution in [0.1, 0.15) is 100 Å². The van der Waals surface area contributed by atoms with Crippen molar-refractivity contribution in [2.75, 3.05) is 50.0 Å². The van der Waals surface area contributed by atoms with Crippen LogP contribution in [0.3, 0.4) is 0 Å². The summed E-state index contributed by atoms with van der Waals surface area (Å²) in [7, 11) is 3.68. The molecule has 14 aromatic rings. The van der Waals surface area contributed by atoms with E-state index in [2.05, 4.69) is 118 Å². The van der Waals surface area contributed by atoms with E-state index >= 15 is 0 Å². The molecule has 2 unspecified atom stereocenters. The van der Waals surface area contributed by atoms with Crippen molar-refractivity contribution in [1.29, 1.82) is 0 Å². The van der Waals surface area contributed by atoms with Gasteiger partial charge in [-0.05, 0) is 186 Å². The largest absolute Gasteiger partial charge is 0.325 e. The number of pyridine rings is 6. The molecule has 143 heavy (non-hydrogen) atoms. The van der Waals surface area contributed by atoms with Crippen molar-refractivity contribution in [3.8, 4) is 22.8 Å². The fourth-order valence-electron chi connectivity index (χ4n) is 13.5. The SMILES string of the molecule is CC(=O)n1c(SCC(=O)Nc2ccccc2)nnc1-c1cccnc1.CC(C)(SC1=NN=C(c2cccnc2)C1)C(=O)Nc1ccccc1.CC(SC1=NN=C(c2cccnc2)C1)C(=O)Nc1ccccc1.CC(Sc1nnc(-c2cccnc2)n1C)C(=O)N(C)c1ccccc1.O=C(CSC1=NN=C(c2cccnc2)C1)Nc1ccccc1.O=C(Nc1ccccc1)C1(SC2=NN=C(c3cccnc3)C2)CC1. The fraction of sp³-hybridized carbons (Fsp3) is 0.183. The fourth-order valence-corrected chi connectivity index (χ4v) is 19.0. The molecule has 8 aromatic heterocycles. The van der Waals surface area contributed by atoms with Crippen molar-refractivity contribution in [1.82, 2.24) is 59.4 Å². The molecule has 5 N–H and O–H groups in total. The average molecular weight is 2020 g/mol. The highest BCUT2D eigenvalue weighted by atomic mass is 32.2. The smallest absolute Gasteiger partial charge is 0.241 e. The van der Waals surface area contributed by atoms with Crippen molar-refractivity contribution in [2.45, 2.75) is 103 Å². The van der Waals surface area contributed by atoms with Gasteiger partial charge in [-0.1, -0.05) is 180 Å². The second-order valence-corrected chi connectivity index (χ2v) is 40.1. The van der Waals surface area contributed by atoms with Gasteiger partial charge in [0.2, 0.25) is 41.4 Å². The third-order valence-corrected chi connectivity index (χ3v) is 27.7. The quantitative estimate of drug-likeness (QED) is 0.0314. The number of aromatic nitrogens is 12. The second-order valence-electron chi connectivity index (χ2n) is 32.2. The van der Waals surface area contributed by atoms with Crippen molar-refractivity contribution in [3.05, 3.63) is 351 Å². The van der Waals surface area contributed by atoms with E-state index in [0.29, 0.717) is 53.1 Å². The van der Waals surface area contributed by atoms with Crippen LogP contribution in [-0.4, -0.2) is 182 Å². The minimum Gasteiger partial charge on any atom is -0.325 e. The summed E-state index contributed by atoms with van der Waals surface area (Å²) in [5, 5.41) is 68.7. The first-order valence-electron chi connectivity index (χ1n) is 45.0. The normalized spacial score (nSPS) is 13.7. The molecule has 0 radical (unpaired) electrons. The van der Waals surface area contributed by atoms with Gasteiger partial charge in [-0.2, -0.15) is 20.4 Å². The molecule has 0 spiro atoms. The van der Waals surface area contributed by atoms with Crippen molar-refractivity contribution in [3.63, 3.8) is 0 Å². The molecule has 0 bridgehead atoms. The zero-order valence-corrected chi connectivity index (χ0v) is 83.6. The molecule has 33 nitrogen and oxygen atoms in total. The summed E-state index contributed by atoms with van der Waals surface area (Å²) in [6.07, 6.45) is 25.1. The molecule has 1 saturated carbocycles. The van der Waals surface area contributed by atoms with Crippen LogP contribution in [0.2, 0.25) is 0 Å². The zero-order chi connectivity index (χ0) is 100. The van der Waals surface area contributed by atoms with Crippen LogP contribution in [0.4, 0.5) is 34.1 Å². The summed E-state index contributed by atoms with van der Waals surface area (Å²) in [6.45, 7) is 8.96. The molecule has 12 heterocycles. The van der Waals surface area contributed by atoms with E-state index in [1.54, 1.807) is 122 Å². The summed E-state index contributed by atoms with van der Waals surface area (Å²) >= 11 is 8.39. The first kappa shape index (κ1) is 103. The average Bonchev–Trinajstić information content (AvgIpc) is 1.61. The van der Waals surface area contributed by atoms with E-state index in [4.69, 9.17) is 0 Å². The topological polar surface area (TPSA) is 421 Å². The van der Waals surface area contributed by atoms with Crippen LogP contribution < -0.4 is 31.5 Å². The number of carbonyl (C=O) groups is 7. The molecule has 6 amide bonds. The van der Waals surface area contributed by atoms with Gasteiger partial charge in [0.05, 0.1) is 49.6 Å². The monoisotopic (exact) mass is 2010 g/mol. The van der Waals surface area contributed by atoms with E-state index in [9.17, 15) is 33.6 Å². The highest BCUT2D eigenvalue weighted by molar-refractivity contribution is 8.16. The van der Waals surface area contributed by atoms with Crippen molar-refractivity contribution >= 4 is 189 Å². The van der Waals surface area contributed by atoms with E-state index in [-0.39, 0.29) is 57.6 Å². The minimum absolute atomic E-state index is 0.0159. The Morgan fingerprint density at radius 2 is 0.748 bits per heavy atom. The molecular formula is C104H98N26O7S6. The molecule has 4 aliphatic heterocycles. The minimum atomic E-state index is -0.644. The van der Waals surface area contributed by atoms with E-state index in [1.807, 2.05) is 270 Å². The summed E-state index contributed by atoms with van der Waals surface area (Å²) in [5.41, 5.74) is 13.8. The standard InChI is InChI=1S/C18H19N5OS.C18H16N4OS.C18H18N4OS.C17H15N5O2S.C17H16N4OS.C16H14N4OS/c1-13(17(24)22(2)15-9-5-4-6-10-15)25-18-21-20-16(23(18)3)14-8-7-11-19-12-14;23-17(20-14-6-2-1-3-7-14)18(8-9-18)24-16-11-15(21-22-16)13-5-4-10-19-12-13;1-18(2,17(23)20-14-8-4-3-5-9-14)24-16-11-15(21-22-16)13-7-6-10-19-12-13;1-12(23)22-16(13-6-5-9-18-10-13)20-21-17(22)25-11-15(24)19-14-7-3-2-4-8-14;1-12(17(22)19-14-7-3-2-4-8-14)23-16-10-15(20-21-16)13-6-5-9-18-11-13;21-15(18-13-6-2-1-3-7-13)11-22-16-9-14(19-20-16)12-5-4-8-17-10-12/h4-13H,1-3H3;1-7,10,12H,8-9,11H2,(H,20,23);3-10,12H,11H2,1-2H3,(H,20,23);2-10H,11H2,1H3,(H,19,24);2-9,11-12H,10H2,1H3,(H,19,22);1-8,10H,9,11H2,(H,18,21). The zero-order valence-electron chi connectivity index (χ0n) is 78.7. The molecule has 2 atom stereocenters. The van der Waals surface area contributed by atoms with E-state index in [0.717, 1.165) is 135 Å². The molecule has 6 aromatic carbocycles. The van der Waals surface area contributed by atoms with Crippen LogP contribution in [0.15, 0.2) is 380 Å². The number of rotatable bonds is 26. The maximum atomic E-state index is 12.7. The third-order valence-electron chi connectivity index (χ3n) is 21.1. The lowest BCUT2D eigenvalue weighted by molar-refractivity contribution is -0.118. The predicted octanol–water partition coefficient (Wildman–Crippen LogP) is 19.3. The van der Waals surface area contributed by atoms with Crippen LogP contribution in [0, 0.1) is 0 Å². The van der Waals surface area contributed by atoms with Gasteiger partial charge in [-0.3, -0.25) is 63.5 Å². The van der Waals surface area contributed by atoms with Gasteiger partial charge in [0.25, 0.3) is 0 Å². The molecule has 1 fully saturated rings. The summed E-state index contributed by atoms with van der Waals surface area (Å²) in [6, 6.07) is 79.3. The first-order chi connectivity index (χ1) is 69.5. The molecule has 722 valence electrons. The predicted molar refractivity (Wildman–Crippen MR) is 577 cm³/mol. The van der Waals surface area contributed by atoms with Crippen LogP contribution in [0.25, 0.3) is 22.8 Å². The van der Waals surface area contributed by atoms with E-state index < -0.39 is 9.49 Å². The molecular weight excluding hydrogens is 1920 g/mol. The van der Waals surface area contributed by atoms with Gasteiger partial charge >= 0.3 is 0 Å². The number of hydrogen-bond donors (Lipinski definition) is 5. The second kappa shape index (κ2) is 52.1. The van der Waals surface area contributed by atoms with Crippen molar-refractivity contribution < 1.29 is 33.6 Å². The Morgan fingerprint density at radius 3 is 1.19 bits per heavy atom. The highest BCUT2D eigenvalue weighted by Crippen LogP contribution is 2.51. The maximum Gasteiger partial charge on any atom is 0.241 e. The van der Waals surface area contributed by atoms with Gasteiger partial charge in [-0.25, -0.2) is 4.57 Å². The Bertz CT molecular complexity index is 6810. The molecule has 39 heteroatoms. The number of nitrogens with zero attached hydrogens (tertiary/aromatic N) is 21. The Hall–Kier alpha value is -15.6. The lowest BCUT2D eigenvalue weighted by Gasteiger charge is -2.22. The lowest BCUT2D eigenvalue weighted by atomic mass is 10.1. The van der Waals surface area contributed by atoms with Gasteiger partial charge < -0.3 is 36.1 Å². The Balaban J connectivity index is 0.000000136. The maximum absolute atomic E-state index is 12.7. The molecule has 5 aliphatic rings. The van der Waals surface area contributed by atoms with E-state index in [1.165, 1.54) is 58.5 Å². The molecule has 1 aliphatic carbocycles. The highest BCUT2D eigenvalue weighted by Gasteiger charge is 2.52. The van der Waals surface area contributed by atoms with Gasteiger partial charge in [0.1, 0.15) is 24.9 Å². The molecule has 19 rings (SSSR count). The first-order valence-corrected chi connectivity index (χ1v) is 50.3. The van der Waals surface area contributed by atoms with Gasteiger partial charge in [0, 0.05) is 189 Å². The number of hydrogen-bond acceptors (Lipinski definition) is 31. The molecule has 0 saturated heterocycles. The summed E-state index contributed by atoms with van der Waals surface area (Å²) < 4.78 is 2.23. The Morgan fingerprint density at radius 1 is 0.385 bits per heavy atom. The van der Waals surface area contributed by atoms with Crippen LogP contribution >= 0.6 is 70.6 Å². The Kier molecular flexibility index (Phi) is 37.6. The lowest BCUT2D eigenvalue weighted by Crippen LogP contribution is -2.35. The number of thioether (sulfide) groups is 6. The number of anilines is 6.